The smallest absolute Gasteiger partial charge is 0.346 e. The normalized spacial score (nSPS) is 10.2. The van der Waals surface area contributed by atoms with E-state index in [4.69, 9.17) is 14.2 Å². The standard InChI is InChI=1S/C18H21NO5S2/c1-22-14-6-3-7-15(23-2)17(14)18(21)24-11-16(20)19-8-10-25-12-13-5-4-9-26-13/h3-7,9H,8,10-12H2,1-2H3,(H,19,20). The molecule has 0 aliphatic rings. The molecule has 2 aromatic rings. The predicted octanol–water partition coefficient (Wildman–Crippen LogP) is 2.97. The van der Waals surface area contributed by atoms with E-state index in [1.165, 1.54) is 19.1 Å². The van der Waals surface area contributed by atoms with Crippen molar-refractivity contribution < 1.29 is 23.8 Å². The molecule has 0 bridgehead atoms. The summed E-state index contributed by atoms with van der Waals surface area (Å²) in [4.78, 5) is 25.4. The van der Waals surface area contributed by atoms with Crippen LogP contribution in [0, 0.1) is 0 Å². The highest BCUT2D eigenvalue weighted by Crippen LogP contribution is 2.28. The Morgan fingerprint density at radius 2 is 1.85 bits per heavy atom. The number of thioether (sulfide) groups is 1. The molecule has 0 unspecified atom stereocenters. The first kappa shape index (κ1) is 20.1. The summed E-state index contributed by atoms with van der Waals surface area (Å²) in [6, 6.07) is 9.07. The highest BCUT2D eigenvalue weighted by Gasteiger charge is 2.20. The van der Waals surface area contributed by atoms with Crippen LogP contribution in [-0.2, 0) is 15.3 Å². The van der Waals surface area contributed by atoms with Gasteiger partial charge in [0.2, 0.25) is 0 Å². The molecule has 1 amide bonds. The number of esters is 1. The van der Waals surface area contributed by atoms with Crippen molar-refractivity contribution in [3.63, 3.8) is 0 Å². The fourth-order valence-electron chi connectivity index (χ4n) is 2.14. The molecule has 0 radical (unpaired) electrons. The molecule has 0 saturated carbocycles. The number of methoxy groups -OCH3 is 2. The maximum Gasteiger partial charge on any atom is 0.346 e. The number of hydrogen-bond acceptors (Lipinski definition) is 7. The van der Waals surface area contributed by atoms with Gasteiger partial charge in [-0.15, -0.1) is 11.3 Å². The van der Waals surface area contributed by atoms with Gasteiger partial charge in [0.25, 0.3) is 5.91 Å². The Morgan fingerprint density at radius 3 is 2.46 bits per heavy atom. The lowest BCUT2D eigenvalue weighted by Crippen LogP contribution is -2.30. The summed E-state index contributed by atoms with van der Waals surface area (Å²) >= 11 is 3.46. The molecule has 1 aromatic heterocycles. The molecule has 1 aromatic carbocycles. The zero-order valence-corrected chi connectivity index (χ0v) is 16.3. The van der Waals surface area contributed by atoms with Crippen LogP contribution in [0.1, 0.15) is 15.2 Å². The second kappa shape index (κ2) is 10.7. The number of benzene rings is 1. The van der Waals surface area contributed by atoms with Crippen LogP contribution in [0.3, 0.4) is 0 Å². The minimum Gasteiger partial charge on any atom is -0.496 e. The van der Waals surface area contributed by atoms with Crippen LogP contribution in [0.2, 0.25) is 0 Å². The summed E-state index contributed by atoms with van der Waals surface area (Å²) in [6.45, 7) is 0.167. The molecule has 0 aliphatic heterocycles. The summed E-state index contributed by atoms with van der Waals surface area (Å²) < 4.78 is 15.4. The van der Waals surface area contributed by atoms with Crippen molar-refractivity contribution in [1.29, 1.82) is 0 Å². The van der Waals surface area contributed by atoms with Gasteiger partial charge in [-0.1, -0.05) is 12.1 Å². The van der Waals surface area contributed by atoms with E-state index in [9.17, 15) is 9.59 Å². The van der Waals surface area contributed by atoms with Crippen LogP contribution in [0.4, 0.5) is 0 Å². The van der Waals surface area contributed by atoms with Crippen LogP contribution < -0.4 is 14.8 Å². The number of carbonyl (C=O) groups excluding carboxylic acids is 2. The highest BCUT2D eigenvalue weighted by atomic mass is 32.2. The number of ether oxygens (including phenoxy) is 3. The maximum atomic E-state index is 12.3. The zero-order valence-electron chi connectivity index (χ0n) is 14.7. The topological polar surface area (TPSA) is 73.9 Å². The monoisotopic (exact) mass is 395 g/mol. The van der Waals surface area contributed by atoms with Crippen molar-refractivity contribution in [2.24, 2.45) is 0 Å². The Bertz CT molecular complexity index is 696. The van der Waals surface area contributed by atoms with Crippen molar-refractivity contribution in [2.45, 2.75) is 5.75 Å². The number of carbonyl (C=O) groups is 2. The fraction of sp³-hybridized carbons (Fsp3) is 0.333. The molecule has 0 saturated heterocycles. The van der Waals surface area contributed by atoms with Crippen LogP contribution in [0.25, 0.3) is 0 Å². The van der Waals surface area contributed by atoms with Gasteiger partial charge in [-0.2, -0.15) is 11.8 Å². The number of rotatable bonds is 10. The lowest BCUT2D eigenvalue weighted by atomic mass is 10.2. The third-order valence-corrected chi connectivity index (χ3v) is 5.43. The van der Waals surface area contributed by atoms with Crippen molar-refractivity contribution in [3.8, 4) is 11.5 Å². The quantitative estimate of drug-likeness (QED) is 0.492. The summed E-state index contributed by atoms with van der Waals surface area (Å²) in [5.74, 6) is 1.37. The maximum absolute atomic E-state index is 12.3. The molecule has 0 fully saturated rings. The van der Waals surface area contributed by atoms with Gasteiger partial charge < -0.3 is 19.5 Å². The number of nitrogens with one attached hydrogen (secondary N) is 1. The van der Waals surface area contributed by atoms with Gasteiger partial charge >= 0.3 is 5.97 Å². The summed E-state index contributed by atoms with van der Waals surface area (Å²) in [7, 11) is 2.90. The van der Waals surface area contributed by atoms with Gasteiger partial charge in [0, 0.05) is 22.9 Å². The molecule has 2 rings (SSSR count). The molecule has 0 atom stereocenters. The van der Waals surface area contributed by atoms with E-state index in [1.807, 2.05) is 11.4 Å². The zero-order chi connectivity index (χ0) is 18.8. The van der Waals surface area contributed by atoms with Crippen molar-refractivity contribution >= 4 is 35.0 Å². The van der Waals surface area contributed by atoms with Gasteiger partial charge in [-0.3, -0.25) is 4.79 Å². The molecule has 1 heterocycles. The lowest BCUT2D eigenvalue weighted by molar-refractivity contribution is -0.124. The Balaban J connectivity index is 1.72. The van der Waals surface area contributed by atoms with E-state index in [2.05, 4.69) is 11.4 Å². The van der Waals surface area contributed by atoms with E-state index < -0.39 is 5.97 Å². The molecule has 1 N–H and O–H groups in total. The van der Waals surface area contributed by atoms with Crippen molar-refractivity contribution in [3.05, 3.63) is 46.2 Å². The van der Waals surface area contributed by atoms with E-state index in [1.54, 1.807) is 41.3 Å². The molecule has 26 heavy (non-hydrogen) atoms. The van der Waals surface area contributed by atoms with Crippen molar-refractivity contribution in [2.75, 3.05) is 33.1 Å². The van der Waals surface area contributed by atoms with Gasteiger partial charge in [-0.25, -0.2) is 4.79 Å². The number of thiophene rings is 1. The SMILES string of the molecule is COc1cccc(OC)c1C(=O)OCC(=O)NCCSCc1cccs1. The lowest BCUT2D eigenvalue weighted by Gasteiger charge is -2.12. The third kappa shape index (κ3) is 5.96. The van der Waals surface area contributed by atoms with Crippen LogP contribution in [0.15, 0.2) is 35.7 Å². The Labute approximate surface area is 160 Å². The van der Waals surface area contributed by atoms with Crippen LogP contribution >= 0.6 is 23.1 Å². The Kier molecular flexibility index (Phi) is 8.30. The minimum atomic E-state index is -0.665. The highest BCUT2D eigenvalue weighted by molar-refractivity contribution is 7.98. The average molecular weight is 396 g/mol. The van der Waals surface area contributed by atoms with E-state index in [-0.39, 0.29) is 18.1 Å². The third-order valence-electron chi connectivity index (χ3n) is 3.36. The molecule has 140 valence electrons. The second-order valence-electron chi connectivity index (χ2n) is 5.10. The predicted molar refractivity (Wildman–Crippen MR) is 103 cm³/mol. The second-order valence-corrected chi connectivity index (χ2v) is 7.23. The minimum absolute atomic E-state index is 0.164. The first-order valence-electron chi connectivity index (χ1n) is 7.90. The van der Waals surface area contributed by atoms with Gasteiger partial charge in [0.1, 0.15) is 17.1 Å². The summed E-state index contributed by atoms with van der Waals surface area (Å²) in [5.41, 5.74) is 0.164. The molecule has 6 nitrogen and oxygen atoms in total. The summed E-state index contributed by atoms with van der Waals surface area (Å²) in [6.07, 6.45) is 0. The van der Waals surface area contributed by atoms with Gasteiger partial charge in [0.05, 0.1) is 14.2 Å². The van der Waals surface area contributed by atoms with Gasteiger partial charge in [-0.05, 0) is 23.6 Å². The first-order chi connectivity index (χ1) is 12.7. The Morgan fingerprint density at radius 1 is 1.12 bits per heavy atom. The number of hydrogen-bond donors (Lipinski definition) is 1. The van der Waals surface area contributed by atoms with E-state index >= 15 is 0 Å². The van der Waals surface area contributed by atoms with Crippen LogP contribution in [-0.4, -0.2) is 45.0 Å². The first-order valence-corrected chi connectivity index (χ1v) is 9.94. The van der Waals surface area contributed by atoms with Crippen LogP contribution in [0.5, 0.6) is 11.5 Å². The summed E-state index contributed by atoms with van der Waals surface area (Å²) in [5, 5.41) is 4.78. The van der Waals surface area contributed by atoms with E-state index in [0.717, 1.165) is 11.5 Å². The van der Waals surface area contributed by atoms with Gasteiger partial charge in [0.15, 0.2) is 6.61 Å². The molecule has 0 aliphatic carbocycles. The Hall–Kier alpha value is -2.19. The average Bonchev–Trinajstić information content (AvgIpc) is 3.18. The molecular formula is C18H21NO5S2. The largest absolute Gasteiger partial charge is 0.496 e. The molecular weight excluding hydrogens is 374 g/mol. The fourth-order valence-corrected chi connectivity index (χ4v) is 3.84. The number of amides is 1. The van der Waals surface area contributed by atoms with Crippen molar-refractivity contribution in [1.82, 2.24) is 5.32 Å². The molecule has 8 heteroatoms. The molecule has 0 spiro atoms. The van der Waals surface area contributed by atoms with E-state index in [0.29, 0.717) is 18.0 Å².